The number of nitrogen functional groups attached to an aromatic ring is 1. The van der Waals surface area contributed by atoms with Crippen molar-refractivity contribution < 1.29 is 14.7 Å². The molecule has 1 aromatic carbocycles. The summed E-state index contributed by atoms with van der Waals surface area (Å²) < 4.78 is 0. The van der Waals surface area contributed by atoms with E-state index in [4.69, 9.17) is 10.8 Å². The van der Waals surface area contributed by atoms with Crippen molar-refractivity contribution in [2.24, 2.45) is 0 Å². The Labute approximate surface area is 109 Å². The molecule has 6 heteroatoms. The van der Waals surface area contributed by atoms with Crippen LogP contribution in [0.2, 0.25) is 0 Å². The third-order valence-corrected chi connectivity index (χ3v) is 2.78. The van der Waals surface area contributed by atoms with Crippen molar-refractivity contribution in [1.29, 1.82) is 0 Å². The van der Waals surface area contributed by atoms with Crippen LogP contribution in [0.15, 0.2) is 24.4 Å². The summed E-state index contributed by atoms with van der Waals surface area (Å²) in [5, 5.41) is 12.2. The van der Waals surface area contributed by atoms with Crippen molar-refractivity contribution in [3.63, 3.8) is 0 Å². The molecule has 0 spiro atoms. The van der Waals surface area contributed by atoms with Gasteiger partial charge in [-0.1, -0.05) is 6.07 Å². The van der Waals surface area contributed by atoms with Gasteiger partial charge in [0.2, 0.25) is 0 Å². The van der Waals surface area contributed by atoms with Crippen molar-refractivity contribution in [2.75, 3.05) is 12.3 Å². The molecule has 2 aromatic rings. The molecule has 6 nitrogen and oxygen atoms in total. The Morgan fingerprint density at radius 3 is 2.79 bits per heavy atom. The normalized spacial score (nSPS) is 10.4. The Morgan fingerprint density at radius 2 is 2.11 bits per heavy atom. The second-order valence-corrected chi connectivity index (χ2v) is 4.13. The van der Waals surface area contributed by atoms with Crippen molar-refractivity contribution in [2.45, 2.75) is 6.92 Å². The van der Waals surface area contributed by atoms with Crippen LogP contribution in [0.5, 0.6) is 0 Å². The van der Waals surface area contributed by atoms with Gasteiger partial charge < -0.3 is 16.2 Å². The highest BCUT2D eigenvalue weighted by atomic mass is 16.4. The summed E-state index contributed by atoms with van der Waals surface area (Å²) in [4.78, 5) is 26.4. The van der Waals surface area contributed by atoms with E-state index in [1.807, 2.05) is 6.92 Å². The number of nitrogens with two attached hydrogens (primary N) is 1. The quantitative estimate of drug-likeness (QED) is 0.711. The summed E-state index contributed by atoms with van der Waals surface area (Å²) in [5.41, 5.74) is 7.46. The van der Waals surface area contributed by atoms with Gasteiger partial charge in [-0.2, -0.15) is 0 Å². The Balaban J connectivity index is 2.52. The van der Waals surface area contributed by atoms with E-state index in [1.54, 1.807) is 18.2 Å². The molecule has 0 saturated heterocycles. The second-order valence-electron chi connectivity index (χ2n) is 4.13. The van der Waals surface area contributed by atoms with Crippen LogP contribution >= 0.6 is 0 Å². The average Bonchev–Trinajstić information content (AvgIpc) is 2.39. The number of nitrogens with zero attached hydrogens (tertiary/aromatic N) is 1. The van der Waals surface area contributed by atoms with E-state index in [9.17, 15) is 9.59 Å². The first-order chi connectivity index (χ1) is 9.00. The van der Waals surface area contributed by atoms with Crippen LogP contribution in [0.1, 0.15) is 16.1 Å². The minimum atomic E-state index is -1.11. The number of hydrogen-bond acceptors (Lipinski definition) is 4. The first kappa shape index (κ1) is 12.8. The molecule has 0 atom stereocenters. The molecule has 1 amide bonds. The molecular weight excluding hydrogens is 246 g/mol. The lowest BCUT2D eigenvalue weighted by Gasteiger charge is -2.09. The van der Waals surface area contributed by atoms with Gasteiger partial charge in [-0.05, 0) is 24.6 Å². The van der Waals surface area contributed by atoms with Crippen molar-refractivity contribution in [1.82, 2.24) is 10.3 Å². The molecule has 0 aliphatic carbocycles. The first-order valence-corrected chi connectivity index (χ1v) is 5.64. The number of carbonyl (C=O) groups excluding carboxylic acids is 1. The third kappa shape index (κ3) is 2.47. The zero-order valence-electron chi connectivity index (χ0n) is 10.3. The monoisotopic (exact) mass is 259 g/mol. The number of hydrogen-bond donors (Lipinski definition) is 3. The highest BCUT2D eigenvalue weighted by molar-refractivity contribution is 6.09. The van der Waals surface area contributed by atoms with Gasteiger partial charge in [0.1, 0.15) is 12.2 Å². The Hall–Kier alpha value is -2.63. The van der Waals surface area contributed by atoms with Crippen LogP contribution < -0.4 is 11.1 Å². The molecule has 0 radical (unpaired) electrons. The Morgan fingerprint density at radius 1 is 1.37 bits per heavy atom. The first-order valence-electron chi connectivity index (χ1n) is 5.64. The van der Waals surface area contributed by atoms with Gasteiger partial charge in [-0.15, -0.1) is 0 Å². The molecule has 0 bridgehead atoms. The van der Waals surface area contributed by atoms with Gasteiger partial charge in [0.15, 0.2) is 0 Å². The number of aryl methyl sites for hydroxylation is 1. The minimum absolute atomic E-state index is 0.184. The predicted octanol–water partition coefficient (Wildman–Crippen LogP) is 0.940. The number of rotatable bonds is 3. The zero-order chi connectivity index (χ0) is 14.0. The molecule has 1 aromatic heterocycles. The van der Waals surface area contributed by atoms with E-state index in [1.165, 1.54) is 6.20 Å². The summed E-state index contributed by atoms with van der Waals surface area (Å²) in [6.07, 6.45) is 1.48. The van der Waals surface area contributed by atoms with Crippen LogP contribution in [-0.4, -0.2) is 28.5 Å². The van der Waals surface area contributed by atoms with Gasteiger partial charge in [-0.3, -0.25) is 14.6 Å². The van der Waals surface area contributed by atoms with Gasteiger partial charge in [-0.25, -0.2) is 0 Å². The minimum Gasteiger partial charge on any atom is -0.480 e. The topological polar surface area (TPSA) is 105 Å². The van der Waals surface area contributed by atoms with Crippen molar-refractivity contribution in [3.8, 4) is 0 Å². The molecule has 98 valence electrons. The molecule has 1 heterocycles. The summed E-state index contributed by atoms with van der Waals surface area (Å²) in [5.74, 6) is -1.63. The maximum Gasteiger partial charge on any atom is 0.322 e. The van der Waals surface area contributed by atoms with E-state index >= 15 is 0 Å². The average molecular weight is 259 g/mol. The summed E-state index contributed by atoms with van der Waals surface area (Å²) in [6, 6.07) is 5.29. The summed E-state index contributed by atoms with van der Waals surface area (Å²) in [6.45, 7) is 1.40. The largest absolute Gasteiger partial charge is 0.480 e. The summed E-state index contributed by atoms with van der Waals surface area (Å²) in [7, 11) is 0. The Kier molecular flexibility index (Phi) is 3.33. The van der Waals surface area contributed by atoms with Gasteiger partial charge in [0, 0.05) is 22.7 Å². The number of aliphatic carboxylic acids is 1. The van der Waals surface area contributed by atoms with Crippen molar-refractivity contribution in [3.05, 3.63) is 35.7 Å². The van der Waals surface area contributed by atoms with Crippen LogP contribution in [0.25, 0.3) is 10.8 Å². The number of carboxylic acid groups (broad SMARTS) is 1. The lowest BCUT2D eigenvalue weighted by Crippen LogP contribution is -2.30. The number of amides is 1. The van der Waals surface area contributed by atoms with E-state index < -0.39 is 18.4 Å². The third-order valence-electron chi connectivity index (χ3n) is 2.78. The number of nitrogens with one attached hydrogen (secondary N) is 1. The highest BCUT2D eigenvalue weighted by Crippen LogP contribution is 2.26. The molecule has 2 rings (SSSR count). The molecule has 4 N–H and O–H groups in total. The molecule has 0 aliphatic heterocycles. The number of benzene rings is 1. The second kappa shape index (κ2) is 4.93. The lowest BCUT2D eigenvalue weighted by atomic mass is 10.0. The number of anilines is 1. The number of carboxylic acids is 1. The maximum absolute atomic E-state index is 11.9. The zero-order valence-corrected chi connectivity index (χ0v) is 10.3. The van der Waals surface area contributed by atoms with E-state index in [0.717, 1.165) is 10.9 Å². The van der Waals surface area contributed by atoms with Crippen LogP contribution in [-0.2, 0) is 4.79 Å². The smallest absolute Gasteiger partial charge is 0.322 e. The molecule has 19 heavy (non-hydrogen) atoms. The lowest BCUT2D eigenvalue weighted by molar-refractivity contribution is -0.135. The number of aromatic nitrogens is 1. The van der Waals surface area contributed by atoms with Gasteiger partial charge in [0.25, 0.3) is 5.91 Å². The summed E-state index contributed by atoms with van der Waals surface area (Å²) >= 11 is 0. The van der Waals surface area contributed by atoms with E-state index in [-0.39, 0.29) is 5.69 Å². The number of fused-ring (bicyclic) bond motifs is 1. The standard InChI is InChI=1S/C13H13N3O3/c1-7-2-3-9(14)8-4-5-15-12(11(7)8)13(19)16-6-10(17)18/h2-5H,6,14H2,1H3,(H,16,19)(H,17,18). The van der Waals surface area contributed by atoms with E-state index in [0.29, 0.717) is 11.1 Å². The fraction of sp³-hybridized carbons (Fsp3) is 0.154. The number of pyridine rings is 1. The molecule has 0 fully saturated rings. The predicted molar refractivity (Wildman–Crippen MR) is 70.9 cm³/mol. The van der Waals surface area contributed by atoms with Crippen LogP contribution in [0.4, 0.5) is 5.69 Å². The fourth-order valence-corrected chi connectivity index (χ4v) is 1.90. The number of carbonyl (C=O) groups is 2. The van der Waals surface area contributed by atoms with Crippen LogP contribution in [0.3, 0.4) is 0 Å². The highest BCUT2D eigenvalue weighted by Gasteiger charge is 2.15. The molecule has 0 unspecified atom stereocenters. The fourth-order valence-electron chi connectivity index (χ4n) is 1.90. The Bertz CT molecular complexity index is 667. The maximum atomic E-state index is 11.9. The van der Waals surface area contributed by atoms with Crippen molar-refractivity contribution >= 4 is 28.3 Å². The SMILES string of the molecule is Cc1ccc(N)c2ccnc(C(=O)NCC(=O)O)c12. The molecule has 0 aliphatic rings. The van der Waals surface area contributed by atoms with E-state index in [2.05, 4.69) is 10.3 Å². The van der Waals surface area contributed by atoms with Crippen LogP contribution in [0, 0.1) is 6.92 Å². The molecular formula is C13H13N3O3. The molecule has 0 saturated carbocycles. The van der Waals surface area contributed by atoms with Gasteiger partial charge >= 0.3 is 5.97 Å². The van der Waals surface area contributed by atoms with Gasteiger partial charge in [0.05, 0.1) is 0 Å².